The normalized spacial score (nSPS) is 11.7. The van der Waals surface area contributed by atoms with E-state index in [0.717, 1.165) is 16.7 Å². The number of hydrogen-bond acceptors (Lipinski definition) is 4. The number of methoxy groups -OCH3 is 1. The topological polar surface area (TPSA) is 70.2 Å². The molecule has 0 bridgehead atoms. The third kappa shape index (κ3) is 4.82. The van der Waals surface area contributed by atoms with Crippen LogP contribution in [0, 0.1) is 21.7 Å². The average Bonchev–Trinajstić information content (AvgIpc) is 3.39. The van der Waals surface area contributed by atoms with Crippen molar-refractivity contribution >= 4 is 28.7 Å². The van der Waals surface area contributed by atoms with Crippen molar-refractivity contribution < 1.29 is 18.4 Å². The summed E-state index contributed by atoms with van der Waals surface area (Å²) in [5.74, 6) is -1.40. The number of nitrogens with zero attached hydrogens (tertiary/aromatic N) is 3. The van der Waals surface area contributed by atoms with Gasteiger partial charge in [0.05, 0.1) is 23.2 Å². The van der Waals surface area contributed by atoms with Crippen molar-refractivity contribution in [1.29, 1.82) is 0 Å². The molecule has 6 nitrogen and oxygen atoms in total. The second-order valence-electron chi connectivity index (χ2n) is 9.91. The molecule has 0 saturated heterocycles. The van der Waals surface area contributed by atoms with Crippen molar-refractivity contribution in [2.24, 2.45) is 0 Å². The van der Waals surface area contributed by atoms with Crippen LogP contribution in [0.1, 0.15) is 27.9 Å². The first-order valence-corrected chi connectivity index (χ1v) is 13.5. The Labute approximate surface area is 246 Å². The van der Waals surface area contributed by atoms with Crippen LogP contribution in [0.5, 0.6) is 5.75 Å². The highest BCUT2D eigenvalue weighted by atomic mass is 19.1. The number of fused-ring (bicyclic) bond motifs is 1. The third-order valence-electron chi connectivity index (χ3n) is 7.47. The molecule has 212 valence electrons. The minimum absolute atomic E-state index is 0.0755. The van der Waals surface area contributed by atoms with Gasteiger partial charge >= 0.3 is 5.69 Å². The van der Waals surface area contributed by atoms with Gasteiger partial charge in [-0.25, -0.2) is 9.07 Å². The summed E-state index contributed by atoms with van der Waals surface area (Å²) in [6, 6.07) is 36.0. The summed E-state index contributed by atoms with van der Waals surface area (Å²) in [7, 11) is 1.38. The lowest BCUT2D eigenvalue weighted by atomic mass is 9.77. The van der Waals surface area contributed by atoms with Gasteiger partial charge in [0.2, 0.25) is 5.82 Å². The molecule has 0 radical (unpaired) electrons. The van der Waals surface area contributed by atoms with Gasteiger partial charge in [0.25, 0.3) is 0 Å². The largest absolute Gasteiger partial charge is 0.494 e. The molecule has 0 aliphatic heterocycles. The summed E-state index contributed by atoms with van der Waals surface area (Å²) >= 11 is 0. The molecule has 6 rings (SSSR count). The zero-order chi connectivity index (χ0) is 30.0. The second-order valence-corrected chi connectivity index (χ2v) is 9.91. The van der Waals surface area contributed by atoms with E-state index in [0.29, 0.717) is 22.2 Å². The van der Waals surface area contributed by atoms with Gasteiger partial charge in [-0.1, -0.05) is 103 Å². The zero-order valence-corrected chi connectivity index (χ0v) is 23.0. The quantitative estimate of drug-likeness (QED) is 0.104. The zero-order valence-electron chi connectivity index (χ0n) is 23.0. The number of benzene rings is 5. The smallest absolute Gasteiger partial charge is 0.305 e. The molecular formula is C35H25F2N3O3. The van der Waals surface area contributed by atoms with Crippen LogP contribution in [-0.2, 0) is 5.54 Å². The maximum Gasteiger partial charge on any atom is 0.305 e. The van der Waals surface area contributed by atoms with Crippen LogP contribution in [0.4, 0.5) is 14.5 Å². The minimum Gasteiger partial charge on any atom is -0.494 e. The lowest BCUT2D eigenvalue weighted by Crippen LogP contribution is -2.38. The Hall–Kier alpha value is -5.63. The lowest BCUT2D eigenvalue weighted by molar-refractivity contribution is -0.387. The molecule has 0 aliphatic rings. The summed E-state index contributed by atoms with van der Waals surface area (Å²) in [5, 5.41) is 17.2. The van der Waals surface area contributed by atoms with E-state index >= 15 is 4.39 Å². The summed E-state index contributed by atoms with van der Waals surface area (Å²) in [6.07, 6.45) is 3.39. The number of nitro groups is 1. The van der Waals surface area contributed by atoms with E-state index in [1.54, 1.807) is 22.9 Å². The van der Waals surface area contributed by atoms with Gasteiger partial charge in [0, 0.05) is 17.5 Å². The molecule has 0 aliphatic carbocycles. The first kappa shape index (κ1) is 27.5. The van der Waals surface area contributed by atoms with E-state index < -0.39 is 27.8 Å². The molecule has 0 saturated carbocycles. The molecule has 6 aromatic rings. The maximum absolute atomic E-state index is 15.4. The van der Waals surface area contributed by atoms with Crippen LogP contribution >= 0.6 is 0 Å². The van der Waals surface area contributed by atoms with Crippen molar-refractivity contribution in [2.45, 2.75) is 5.54 Å². The van der Waals surface area contributed by atoms with E-state index in [2.05, 4.69) is 0 Å². The highest BCUT2D eigenvalue weighted by molar-refractivity contribution is 5.92. The van der Waals surface area contributed by atoms with Crippen LogP contribution in [0.15, 0.2) is 121 Å². The highest BCUT2D eigenvalue weighted by Gasteiger charge is 2.41. The fourth-order valence-corrected chi connectivity index (χ4v) is 5.53. The predicted octanol–water partition coefficient (Wildman–Crippen LogP) is 8.24. The number of rotatable bonds is 8. The molecule has 5 aromatic carbocycles. The van der Waals surface area contributed by atoms with Crippen molar-refractivity contribution in [3.8, 4) is 5.75 Å². The van der Waals surface area contributed by atoms with Gasteiger partial charge in [-0.05, 0) is 40.5 Å². The fraction of sp³-hybridized carbons (Fsp3) is 0.0571. The number of aromatic nitrogens is 2. The Bertz CT molecular complexity index is 1860. The van der Waals surface area contributed by atoms with Crippen LogP contribution < -0.4 is 4.74 Å². The molecule has 0 amide bonds. The minimum atomic E-state index is -1.09. The van der Waals surface area contributed by atoms with Crippen LogP contribution in [0.3, 0.4) is 0 Å². The van der Waals surface area contributed by atoms with E-state index in [4.69, 9.17) is 9.84 Å². The Kier molecular flexibility index (Phi) is 7.26. The molecule has 0 unspecified atom stereocenters. The molecule has 0 atom stereocenters. The van der Waals surface area contributed by atoms with Crippen LogP contribution in [0.25, 0.3) is 23.1 Å². The van der Waals surface area contributed by atoms with E-state index in [1.165, 1.54) is 31.4 Å². The van der Waals surface area contributed by atoms with E-state index in [9.17, 15) is 14.5 Å². The van der Waals surface area contributed by atoms with Crippen molar-refractivity contribution in [3.05, 3.63) is 171 Å². The summed E-state index contributed by atoms with van der Waals surface area (Å²) in [4.78, 5) is 11.1. The third-order valence-corrected chi connectivity index (χ3v) is 7.47. The standard InChI is InChI=1S/C35H25F2N3O3/c1-43-34-21-24(17-19-29(34)36)18-20-31-28-22-33(40(41)42)30(37)23-32(28)39(38-31)35(25-11-5-2-6-12-25,26-13-7-3-8-14-26)27-15-9-4-10-16-27/h2-23H,1H3. The monoisotopic (exact) mass is 573 g/mol. The first-order valence-electron chi connectivity index (χ1n) is 13.5. The van der Waals surface area contributed by atoms with Gasteiger partial charge in [-0.15, -0.1) is 0 Å². The Balaban J connectivity index is 1.71. The molecule has 1 heterocycles. The fourth-order valence-electron chi connectivity index (χ4n) is 5.53. The number of nitro benzene ring substituents is 1. The van der Waals surface area contributed by atoms with Crippen molar-refractivity contribution in [1.82, 2.24) is 9.78 Å². The molecule has 1 aromatic heterocycles. The Morgan fingerprint density at radius 2 is 1.33 bits per heavy atom. The highest BCUT2D eigenvalue weighted by Crippen LogP contribution is 2.43. The molecule has 0 fully saturated rings. The average molecular weight is 574 g/mol. The second kappa shape index (κ2) is 11.3. The Morgan fingerprint density at radius 1 is 0.767 bits per heavy atom. The molecular weight excluding hydrogens is 548 g/mol. The number of ether oxygens (including phenoxy) is 1. The van der Waals surface area contributed by atoms with Crippen molar-refractivity contribution in [2.75, 3.05) is 7.11 Å². The molecule has 0 spiro atoms. The maximum atomic E-state index is 15.4. The van der Waals surface area contributed by atoms with Gasteiger partial charge in [-0.2, -0.15) is 9.49 Å². The van der Waals surface area contributed by atoms with Crippen LogP contribution in [-0.4, -0.2) is 21.8 Å². The number of hydrogen-bond donors (Lipinski definition) is 0. The Morgan fingerprint density at radius 3 is 1.84 bits per heavy atom. The van der Waals surface area contributed by atoms with Gasteiger partial charge < -0.3 is 4.74 Å². The van der Waals surface area contributed by atoms with Gasteiger partial charge in [0.1, 0.15) is 5.54 Å². The number of halogens is 2. The van der Waals surface area contributed by atoms with Crippen LogP contribution in [0.2, 0.25) is 0 Å². The van der Waals surface area contributed by atoms with Gasteiger partial charge in [-0.3, -0.25) is 10.1 Å². The van der Waals surface area contributed by atoms with E-state index in [1.807, 2.05) is 91.0 Å². The van der Waals surface area contributed by atoms with E-state index in [-0.39, 0.29) is 5.75 Å². The summed E-state index contributed by atoms with van der Waals surface area (Å²) in [5.41, 5.74) is 2.17. The summed E-state index contributed by atoms with van der Waals surface area (Å²) < 4.78 is 36.3. The molecule has 8 heteroatoms. The SMILES string of the molecule is COc1cc(C=Cc2nn(C(c3ccccc3)(c3ccccc3)c3ccccc3)c3cc(F)c([N+](=O)[O-])cc23)ccc1F. The van der Waals surface area contributed by atoms with Crippen molar-refractivity contribution in [3.63, 3.8) is 0 Å². The van der Waals surface area contributed by atoms with Gasteiger partial charge in [0.15, 0.2) is 11.6 Å². The first-order chi connectivity index (χ1) is 20.9. The predicted molar refractivity (Wildman–Crippen MR) is 163 cm³/mol. The summed E-state index contributed by atoms with van der Waals surface area (Å²) in [6.45, 7) is 0. The molecule has 43 heavy (non-hydrogen) atoms. The lowest BCUT2D eigenvalue weighted by Gasteiger charge is -2.37. The molecule has 0 N–H and O–H groups in total.